The van der Waals surface area contributed by atoms with E-state index in [-0.39, 0.29) is 30.9 Å². The maximum atomic E-state index is 12.9. The number of rotatable bonds is 6. The Hall–Kier alpha value is -3.43. The number of hydrogen-bond donors (Lipinski definition) is 2. The first-order valence-corrected chi connectivity index (χ1v) is 8.36. The number of carbonyl (C=O) groups excluding carboxylic acids is 2. The summed E-state index contributed by atoms with van der Waals surface area (Å²) >= 11 is 0. The van der Waals surface area contributed by atoms with Crippen LogP contribution in [0.25, 0.3) is 5.65 Å². The summed E-state index contributed by atoms with van der Waals surface area (Å²) in [6.45, 7) is -0.273. The van der Waals surface area contributed by atoms with Gasteiger partial charge in [-0.15, -0.1) is 10.2 Å². The largest absolute Gasteiger partial charge is 0.416 e. The lowest BCUT2D eigenvalue weighted by atomic mass is 10.1. The minimum atomic E-state index is -4.50. The Morgan fingerprint density at radius 1 is 0.964 bits per heavy atom. The molecule has 2 N–H and O–H groups in total. The zero-order valence-corrected chi connectivity index (χ0v) is 14.5. The summed E-state index contributed by atoms with van der Waals surface area (Å²) < 4.78 is 40.4. The van der Waals surface area contributed by atoms with E-state index >= 15 is 0 Å². The topological polar surface area (TPSA) is 88.4 Å². The predicted octanol–water partition coefficient (Wildman–Crippen LogP) is 2.78. The number of alkyl halides is 3. The molecule has 0 aliphatic rings. The SMILES string of the molecule is O=C(CCC(=O)Nc1nnc2ccccn12)NCc1ccccc1C(F)(F)F. The Morgan fingerprint density at radius 3 is 2.46 bits per heavy atom. The van der Waals surface area contributed by atoms with Gasteiger partial charge in [0.15, 0.2) is 5.65 Å². The van der Waals surface area contributed by atoms with Crippen LogP contribution in [-0.2, 0) is 22.3 Å². The zero-order chi connectivity index (χ0) is 20.1. The molecule has 2 amide bonds. The number of nitrogens with one attached hydrogen (secondary N) is 2. The van der Waals surface area contributed by atoms with E-state index in [4.69, 9.17) is 0 Å². The smallest absolute Gasteiger partial charge is 0.352 e. The average molecular weight is 391 g/mol. The molecule has 3 aromatic rings. The third kappa shape index (κ3) is 4.64. The summed E-state index contributed by atoms with van der Waals surface area (Å²) in [7, 11) is 0. The standard InChI is InChI=1S/C18H16F3N5O2/c19-18(20,21)13-6-2-1-5-12(13)11-22-15(27)8-9-16(28)23-17-25-24-14-7-3-4-10-26(14)17/h1-7,10H,8-9,11H2,(H,22,27)(H,23,25,28). The second-order valence-electron chi connectivity index (χ2n) is 5.93. The molecule has 3 rings (SSSR count). The van der Waals surface area contributed by atoms with Crippen molar-refractivity contribution < 1.29 is 22.8 Å². The van der Waals surface area contributed by atoms with Crippen LogP contribution in [0.5, 0.6) is 0 Å². The van der Waals surface area contributed by atoms with Gasteiger partial charge in [0.05, 0.1) is 5.56 Å². The fourth-order valence-corrected chi connectivity index (χ4v) is 2.57. The third-order valence-electron chi connectivity index (χ3n) is 3.94. The number of aromatic nitrogens is 3. The number of anilines is 1. The molecule has 0 saturated carbocycles. The summed E-state index contributed by atoms with van der Waals surface area (Å²) in [5.41, 5.74) is -0.284. The number of nitrogens with zero attached hydrogens (tertiary/aromatic N) is 3. The van der Waals surface area contributed by atoms with Gasteiger partial charge in [-0.05, 0) is 23.8 Å². The van der Waals surface area contributed by atoms with E-state index in [1.54, 1.807) is 28.8 Å². The third-order valence-corrected chi connectivity index (χ3v) is 3.94. The molecule has 7 nitrogen and oxygen atoms in total. The highest BCUT2D eigenvalue weighted by Crippen LogP contribution is 2.31. The van der Waals surface area contributed by atoms with Crippen LogP contribution in [0.1, 0.15) is 24.0 Å². The lowest BCUT2D eigenvalue weighted by Gasteiger charge is -2.13. The van der Waals surface area contributed by atoms with E-state index in [0.29, 0.717) is 5.65 Å². The first-order chi connectivity index (χ1) is 13.3. The van der Waals surface area contributed by atoms with Crippen LogP contribution in [0.4, 0.5) is 19.1 Å². The molecule has 10 heteroatoms. The molecular weight excluding hydrogens is 375 g/mol. The summed E-state index contributed by atoms with van der Waals surface area (Å²) in [5.74, 6) is -0.762. The van der Waals surface area contributed by atoms with Crippen molar-refractivity contribution in [1.82, 2.24) is 19.9 Å². The van der Waals surface area contributed by atoms with Crippen molar-refractivity contribution in [3.8, 4) is 0 Å². The molecular formula is C18H16F3N5O2. The van der Waals surface area contributed by atoms with Gasteiger partial charge >= 0.3 is 6.18 Å². The molecule has 0 saturated heterocycles. The number of fused-ring (bicyclic) bond motifs is 1. The molecule has 0 fully saturated rings. The Morgan fingerprint density at radius 2 is 1.68 bits per heavy atom. The van der Waals surface area contributed by atoms with Gasteiger partial charge < -0.3 is 5.32 Å². The van der Waals surface area contributed by atoms with E-state index in [1.165, 1.54) is 18.2 Å². The molecule has 146 valence electrons. The summed E-state index contributed by atoms with van der Waals surface area (Å²) in [6, 6.07) is 10.2. The fourth-order valence-electron chi connectivity index (χ4n) is 2.57. The van der Waals surface area contributed by atoms with Gasteiger partial charge in [-0.1, -0.05) is 24.3 Å². The van der Waals surface area contributed by atoms with Crippen LogP contribution >= 0.6 is 0 Å². The quantitative estimate of drug-likeness (QED) is 0.676. The van der Waals surface area contributed by atoms with Gasteiger partial charge in [0, 0.05) is 25.6 Å². The Labute approximate surface area is 157 Å². The Balaban J connectivity index is 1.50. The van der Waals surface area contributed by atoms with Crippen LogP contribution in [0.15, 0.2) is 48.7 Å². The van der Waals surface area contributed by atoms with E-state index in [1.807, 2.05) is 0 Å². The van der Waals surface area contributed by atoms with Gasteiger partial charge in [0.2, 0.25) is 17.8 Å². The lowest BCUT2D eigenvalue weighted by Crippen LogP contribution is -2.26. The number of pyridine rings is 1. The van der Waals surface area contributed by atoms with Crippen LogP contribution < -0.4 is 10.6 Å². The van der Waals surface area contributed by atoms with Gasteiger partial charge in [-0.2, -0.15) is 13.2 Å². The van der Waals surface area contributed by atoms with Crippen molar-refractivity contribution in [1.29, 1.82) is 0 Å². The molecule has 0 aliphatic carbocycles. The number of amides is 2. The summed E-state index contributed by atoms with van der Waals surface area (Å²) in [5, 5.41) is 12.7. The first kappa shape index (κ1) is 19.3. The maximum absolute atomic E-state index is 12.9. The van der Waals surface area contributed by atoms with E-state index in [2.05, 4.69) is 20.8 Å². The molecule has 2 heterocycles. The molecule has 0 bridgehead atoms. The number of hydrogen-bond acceptors (Lipinski definition) is 4. The molecule has 0 radical (unpaired) electrons. The van der Waals surface area contributed by atoms with Gasteiger partial charge in [-0.3, -0.25) is 19.3 Å². The molecule has 0 atom stereocenters. The second kappa shape index (κ2) is 8.07. The average Bonchev–Trinajstić information content (AvgIpc) is 3.07. The zero-order valence-electron chi connectivity index (χ0n) is 14.5. The number of benzene rings is 1. The molecule has 2 aromatic heterocycles. The van der Waals surface area contributed by atoms with Crippen LogP contribution in [0, 0.1) is 0 Å². The first-order valence-electron chi connectivity index (χ1n) is 8.36. The van der Waals surface area contributed by atoms with Crippen molar-refractivity contribution in [2.45, 2.75) is 25.6 Å². The van der Waals surface area contributed by atoms with E-state index in [0.717, 1.165) is 6.07 Å². The molecule has 0 unspecified atom stereocenters. The molecule has 28 heavy (non-hydrogen) atoms. The van der Waals surface area contributed by atoms with Crippen molar-refractivity contribution in [3.63, 3.8) is 0 Å². The van der Waals surface area contributed by atoms with Gasteiger partial charge in [0.25, 0.3) is 0 Å². The van der Waals surface area contributed by atoms with Gasteiger partial charge in [-0.25, -0.2) is 0 Å². The Kier molecular flexibility index (Phi) is 5.57. The summed E-state index contributed by atoms with van der Waals surface area (Å²) in [4.78, 5) is 23.9. The molecule has 0 spiro atoms. The molecule has 0 aliphatic heterocycles. The minimum Gasteiger partial charge on any atom is -0.352 e. The van der Waals surface area contributed by atoms with Crippen molar-refractivity contribution >= 4 is 23.4 Å². The molecule has 1 aromatic carbocycles. The number of halogens is 3. The highest BCUT2D eigenvalue weighted by atomic mass is 19.4. The highest BCUT2D eigenvalue weighted by Gasteiger charge is 2.32. The van der Waals surface area contributed by atoms with Crippen LogP contribution in [0.2, 0.25) is 0 Å². The minimum absolute atomic E-state index is 0.0391. The highest BCUT2D eigenvalue weighted by molar-refractivity contribution is 5.92. The van der Waals surface area contributed by atoms with Crippen LogP contribution in [0.3, 0.4) is 0 Å². The normalized spacial score (nSPS) is 11.4. The van der Waals surface area contributed by atoms with E-state index < -0.39 is 23.6 Å². The van der Waals surface area contributed by atoms with Gasteiger partial charge in [0.1, 0.15) is 0 Å². The fraction of sp³-hybridized carbons (Fsp3) is 0.222. The van der Waals surface area contributed by atoms with Crippen molar-refractivity contribution in [3.05, 3.63) is 59.8 Å². The van der Waals surface area contributed by atoms with E-state index in [9.17, 15) is 22.8 Å². The second-order valence-corrected chi connectivity index (χ2v) is 5.93. The summed E-state index contributed by atoms with van der Waals surface area (Å²) in [6.07, 6.45) is -3.14. The van der Waals surface area contributed by atoms with Crippen LogP contribution in [-0.4, -0.2) is 26.4 Å². The number of carbonyl (C=O) groups is 2. The maximum Gasteiger partial charge on any atom is 0.416 e. The predicted molar refractivity (Wildman–Crippen MR) is 94.1 cm³/mol. The monoisotopic (exact) mass is 391 g/mol. The van der Waals surface area contributed by atoms with Crippen molar-refractivity contribution in [2.75, 3.05) is 5.32 Å². The Bertz CT molecular complexity index is 1000. The van der Waals surface area contributed by atoms with Crippen molar-refractivity contribution in [2.24, 2.45) is 0 Å². The lowest BCUT2D eigenvalue weighted by molar-refractivity contribution is -0.138.